The van der Waals surface area contributed by atoms with Gasteiger partial charge in [0.25, 0.3) is 0 Å². The van der Waals surface area contributed by atoms with Crippen LogP contribution in [0.2, 0.25) is 0 Å². The summed E-state index contributed by atoms with van der Waals surface area (Å²) in [5, 5.41) is 30.4. The van der Waals surface area contributed by atoms with Gasteiger partial charge in [0.2, 0.25) is 0 Å². The van der Waals surface area contributed by atoms with Gasteiger partial charge < -0.3 is 20.1 Å². The maximum atomic E-state index is 10.2. The Morgan fingerprint density at radius 2 is 1.83 bits per heavy atom. The van der Waals surface area contributed by atoms with Gasteiger partial charge in [0.05, 0.1) is 23.9 Å². The molecule has 0 radical (unpaired) electrons. The van der Waals surface area contributed by atoms with Gasteiger partial charge >= 0.3 is 0 Å². The average Bonchev–Trinajstić information content (AvgIpc) is 3.00. The number of aliphatic hydroxyl groups is 3. The largest absolute Gasteiger partial charge is 0.392 e. The summed E-state index contributed by atoms with van der Waals surface area (Å²) in [6, 6.07) is 0. The predicted octanol–water partition coefficient (Wildman–Crippen LogP) is 4.77. The highest BCUT2D eigenvalue weighted by molar-refractivity contribution is 5.26. The van der Waals surface area contributed by atoms with E-state index in [1.165, 1.54) is 31.3 Å². The molecule has 0 heterocycles. The zero-order chi connectivity index (χ0) is 22.1. The summed E-state index contributed by atoms with van der Waals surface area (Å²) in [5.74, 6) is 1.12. The monoisotopic (exact) mass is 420 g/mol. The van der Waals surface area contributed by atoms with Crippen molar-refractivity contribution in [3.8, 4) is 0 Å². The molecule has 0 saturated heterocycles. The maximum absolute atomic E-state index is 10.2. The summed E-state index contributed by atoms with van der Waals surface area (Å²) < 4.78 is 6.19. The zero-order valence-corrected chi connectivity index (χ0v) is 19.7. The highest BCUT2D eigenvalue weighted by Gasteiger charge is 2.51. The Morgan fingerprint density at radius 1 is 1.17 bits per heavy atom. The second-order valence-electron chi connectivity index (χ2n) is 11.2. The van der Waals surface area contributed by atoms with Crippen LogP contribution >= 0.6 is 0 Å². The topological polar surface area (TPSA) is 69.9 Å². The molecule has 0 aromatic carbocycles. The third kappa shape index (κ3) is 5.38. The molecule has 0 spiro atoms. The fourth-order valence-corrected chi connectivity index (χ4v) is 6.27. The lowest BCUT2D eigenvalue weighted by Gasteiger charge is -2.44. The van der Waals surface area contributed by atoms with Crippen molar-refractivity contribution in [1.29, 1.82) is 0 Å². The van der Waals surface area contributed by atoms with E-state index in [1.807, 2.05) is 20.8 Å². The third-order valence-electron chi connectivity index (χ3n) is 8.39. The molecule has 0 aromatic rings. The molecule has 0 bridgehead atoms. The number of aliphatic hydroxyl groups excluding tert-OH is 2. The molecule has 0 unspecified atom stereocenters. The van der Waals surface area contributed by atoms with E-state index in [0.29, 0.717) is 37.7 Å². The van der Waals surface area contributed by atoms with Crippen LogP contribution in [0.4, 0.5) is 0 Å². The molecule has 172 valence electrons. The van der Waals surface area contributed by atoms with Gasteiger partial charge in [-0.25, -0.2) is 0 Å². The van der Waals surface area contributed by atoms with E-state index in [4.69, 9.17) is 4.74 Å². The molecule has 3 aliphatic rings. The summed E-state index contributed by atoms with van der Waals surface area (Å²) in [4.78, 5) is 0. The second-order valence-corrected chi connectivity index (χ2v) is 11.2. The molecule has 6 atom stereocenters. The number of hydrogen-bond donors (Lipinski definition) is 3. The van der Waals surface area contributed by atoms with Crippen LogP contribution in [0.3, 0.4) is 0 Å². The van der Waals surface area contributed by atoms with E-state index >= 15 is 0 Å². The van der Waals surface area contributed by atoms with Crippen LogP contribution in [0, 0.1) is 23.2 Å². The van der Waals surface area contributed by atoms with Crippen LogP contribution in [0.15, 0.2) is 23.3 Å². The van der Waals surface area contributed by atoms with E-state index in [-0.39, 0.29) is 17.4 Å². The third-order valence-corrected chi connectivity index (χ3v) is 8.39. The van der Waals surface area contributed by atoms with E-state index in [1.54, 1.807) is 5.57 Å². The molecular weight excluding hydrogens is 376 g/mol. The Bertz CT molecular complexity index is 632. The van der Waals surface area contributed by atoms with E-state index in [9.17, 15) is 15.3 Å². The molecule has 4 nitrogen and oxygen atoms in total. The van der Waals surface area contributed by atoms with Gasteiger partial charge in [0.1, 0.15) is 0 Å². The van der Waals surface area contributed by atoms with Crippen LogP contribution in [-0.4, -0.2) is 45.8 Å². The highest BCUT2D eigenvalue weighted by Crippen LogP contribution is 2.58. The van der Waals surface area contributed by atoms with Crippen molar-refractivity contribution in [2.75, 3.05) is 6.61 Å². The molecule has 3 saturated carbocycles. The first-order chi connectivity index (χ1) is 14.0. The number of fused-ring (bicyclic) bond motifs is 1. The minimum Gasteiger partial charge on any atom is -0.392 e. The van der Waals surface area contributed by atoms with Crippen LogP contribution in [-0.2, 0) is 4.74 Å². The van der Waals surface area contributed by atoms with Gasteiger partial charge in [0, 0.05) is 12.5 Å². The maximum Gasteiger partial charge on any atom is 0.0627 e. The van der Waals surface area contributed by atoms with Crippen molar-refractivity contribution in [1.82, 2.24) is 0 Å². The molecule has 0 amide bonds. The van der Waals surface area contributed by atoms with Crippen molar-refractivity contribution >= 4 is 0 Å². The standard InChI is InChI=1S/C26H44O4/c1-17-23(27)15-19(16-24(17)28)8-9-20-7-6-12-26(5)21(10-11-22(20)26)18(2)30-14-13-25(3,4)29/h8-9,17-18,21-24,27-29H,6-7,10-16H2,1-5H3/b19-8?,20-9+/t17?,18-,21+,22-,23+,24+,26+/m0/s1. The second kappa shape index (κ2) is 9.44. The van der Waals surface area contributed by atoms with Crippen LogP contribution < -0.4 is 0 Å². The molecule has 3 N–H and O–H groups in total. The summed E-state index contributed by atoms with van der Waals surface area (Å²) in [5.41, 5.74) is 2.32. The van der Waals surface area contributed by atoms with E-state index < -0.39 is 17.8 Å². The molecule has 0 aromatic heterocycles. The number of allylic oxidation sites excluding steroid dienone is 3. The van der Waals surface area contributed by atoms with Gasteiger partial charge in [-0.15, -0.1) is 0 Å². The molecule has 3 rings (SSSR count). The van der Waals surface area contributed by atoms with Crippen molar-refractivity contribution in [3.63, 3.8) is 0 Å². The number of rotatable bonds is 6. The molecule has 30 heavy (non-hydrogen) atoms. The predicted molar refractivity (Wildman–Crippen MR) is 121 cm³/mol. The van der Waals surface area contributed by atoms with E-state index in [0.717, 1.165) is 6.42 Å². The number of ether oxygens (including phenoxy) is 1. The normalized spacial score (nSPS) is 39.8. The first-order valence-electron chi connectivity index (χ1n) is 12.1. The smallest absolute Gasteiger partial charge is 0.0627 e. The minimum absolute atomic E-state index is 0.0405. The lowest BCUT2D eigenvalue weighted by atomic mass is 9.62. The molecule has 4 heteroatoms. The van der Waals surface area contributed by atoms with Crippen LogP contribution in [0.25, 0.3) is 0 Å². The van der Waals surface area contributed by atoms with Crippen molar-refractivity contribution in [2.24, 2.45) is 23.2 Å². The van der Waals surface area contributed by atoms with Gasteiger partial charge in [-0.1, -0.05) is 37.1 Å². The zero-order valence-electron chi connectivity index (χ0n) is 19.7. The Hall–Kier alpha value is -0.680. The summed E-state index contributed by atoms with van der Waals surface area (Å²) >= 11 is 0. The summed E-state index contributed by atoms with van der Waals surface area (Å²) in [7, 11) is 0. The van der Waals surface area contributed by atoms with E-state index in [2.05, 4.69) is 26.0 Å². The lowest BCUT2D eigenvalue weighted by Crippen LogP contribution is -2.39. The molecule has 0 aliphatic heterocycles. The van der Waals surface area contributed by atoms with Crippen LogP contribution in [0.5, 0.6) is 0 Å². The highest BCUT2D eigenvalue weighted by atomic mass is 16.5. The number of hydrogen-bond acceptors (Lipinski definition) is 4. The molecule has 3 fully saturated rings. The van der Waals surface area contributed by atoms with Gasteiger partial charge in [-0.05, 0) is 89.4 Å². The fraction of sp³-hybridized carbons (Fsp3) is 0.846. The van der Waals surface area contributed by atoms with Crippen molar-refractivity contribution in [3.05, 3.63) is 23.3 Å². The molecule has 3 aliphatic carbocycles. The summed E-state index contributed by atoms with van der Waals surface area (Å²) in [6.07, 6.45) is 11.9. The Labute approximate surface area is 183 Å². The van der Waals surface area contributed by atoms with Crippen LogP contribution in [0.1, 0.15) is 86.0 Å². The fourth-order valence-electron chi connectivity index (χ4n) is 6.27. The first kappa shape index (κ1) is 24.0. The quantitative estimate of drug-likeness (QED) is 0.579. The Morgan fingerprint density at radius 3 is 2.47 bits per heavy atom. The van der Waals surface area contributed by atoms with Gasteiger partial charge in [-0.2, -0.15) is 0 Å². The lowest BCUT2D eigenvalue weighted by molar-refractivity contribution is -0.0454. The summed E-state index contributed by atoms with van der Waals surface area (Å²) in [6.45, 7) is 10.9. The van der Waals surface area contributed by atoms with Gasteiger partial charge in [0.15, 0.2) is 0 Å². The average molecular weight is 421 g/mol. The van der Waals surface area contributed by atoms with Crippen molar-refractivity contribution < 1.29 is 20.1 Å². The minimum atomic E-state index is -0.672. The van der Waals surface area contributed by atoms with Gasteiger partial charge in [-0.3, -0.25) is 0 Å². The first-order valence-corrected chi connectivity index (χ1v) is 12.1. The molecular formula is C26H44O4. The Balaban J connectivity index is 1.67. The SMILES string of the molecule is CC1[C@H](O)CC(=C/C=C2\CCC[C@]3(C)[C@@H]([C@H](C)OCCC(C)(C)O)CC[C@@H]23)C[C@H]1O. The van der Waals surface area contributed by atoms with Crippen molar-refractivity contribution in [2.45, 2.75) is 110 Å². The Kier molecular flexibility index (Phi) is 7.54.